The van der Waals surface area contributed by atoms with Gasteiger partial charge < -0.3 is 4.90 Å². The molecule has 0 radical (unpaired) electrons. The molecule has 5 nitrogen and oxygen atoms in total. The van der Waals surface area contributed by atoms with Crippen molar-refractivity contribution in [2.75, 3.05) is 7.05 Å². The van der Waals surface area contributed by atoms with Gasteiger partial charge in [0.2, 0.25) is 5.91 Å². The fourth-order valence-electron chi connectivity index (χ4n) is 2.75. The molecular formula is C20H20BrN3O2. The number of hydrogen-bond acceptors (Lipinski definition) is 3. The van der Waals surface area contributed by atoms with E-state index in [1.54, 1.807) is 24.1 Å². The van der Waals surface area contributed by atoms with E-state index in [9.17, 15) is 9.59 Å². The molecule has 0 aliphatic rings. The van der Waals surface area contributed by atoms with Gasteiger partial charge in [-0.2, -0.15) is 0 Å². The zero-order valence-electron chi connectivity index (χ0n) is 14.8. The lowest BCUT2D eigenvalue weighted by atomic mass is 10.1. The van der Waals surface area contributed by atoms with Gasteiger partial charge in [-0.3, -0.25) is 14.2 Å². The Hall–Kier alpha value is -2.47. The second-order valence-corrected chi connectivity index (χ2v) is 7.31. The third kappa shape index (κ3) is 4.19. The van der Waals surface area contributed by atoms with Crippen LogP contribution in [0.1, 0.15) is 17.5 Å². The van der Waals surface area contributed by atoms with Gasteiger partial charge in [0.25, 0.3) is 5.56 Å². The van der Waals surface area contributed by atoms with Crippen LogP contribution in [0, 0.1) is 6.92 Å². The highest BCUT2D eigenvalue weighted by Gasteiger charge is 2.11. The van der Waals surface area contributed by atoms with E-state index in [2.05, 4.69) is 20.9 Å². The summed E-state index contributed by atoms with van der Waals surface area (Å²) in [6.45, 7) is 2.90. The maximum atomic E-state index is 12.6. The lowest BCUT2D eigenvalue weighted by Gasteiger charge is -2.18. The zero-order chi connectivity index (χ0) is 18.7. The van der Waals surface area contributed by atoms with Crippen LogP contribution in [0.2, 0.25) is 0 Å². The van der Waals surface area contributed by atoms with E-state index < -0.39 is 0 Å². The van der Waals surface area contributed by atoms with Gasteiger partial charge in [-0.1, -0.05) is 45.8 Å². The van der Waals surface area contributed by atoms with Crippen LogP contribution in [0.4, 0.5) is 0 Å². The number of amides is 1. The Labute approximate surface area is 160 Å². The van der Waals surface area contributed by atoms with E-state index in [1.165, 1.54) is 16.5 Å². The van der Waals surface area contributed by atoms with Gasteiger partial charge >= 0.3 is 0 Å². The molecule has 0 saturated heterocycles. The molecule has 2 aromatic carbocycles. The quantitative estimate of drug-likeness (QED) is 0.642. The first-order valence-electron chi connectivity index (χ1n) is 8.38. The first-order valence-corrected chi connectivity index (χ1v) is 9.17. The average molecular weight is 414 g/mol. The maximum absolute atomic E-state index is 12.6. The Bertz CT molecular complexity index is 996. The number of halogens is 1. The normalized spacial score (nSPS) is 10.9. The Morgan fingerprint density at radius 2 is 1.92 bits per heavy atom. The highest BCUT2D eigenvalue weighted by Crippen LogP contribution is 2.15. The first kappa shape index (κ1) is 18.3. The summed E-state index contributed by atoms with van der Waals surface area (Å²) < 4.78 is 2.32. The summed E-state index contributed by atoms with van der Waals surface area (Å²) in [6, 6.07) is 13.5. The van der Waals surface area contributed by atoms with E-state index >= 15 is 0 Å². The molecule has 0 fully saturated rings. The fraction of sp³-hybridized carbons (Fsp3) is 0.250. The summed E-state index contributed by atoms with van der Waals surface area (Å²) in [5.41, 5.74) is 2.79. The molecular weight excluding hydrogens is 394 g/mol. The molecule has 1 aromatic heterocycles. The fourth-order valence-corrected chi connectivity index (χ4v) is 3.11. The molecule has 134 valence electrons. The van der Waals surface area contributed by atoms with Crippen molar-refractivity contribution in [3.05, 3.63) is 74.7 Å². The van der Waals surface area contributed by atoms with Crippen LogP contribution in [0.15, 0.2) is 58.1 Å². The van der Waals surface area contributed by atoms with E-state index in [0.717, 1.165) is 10.0 Å². The average Bonchev–Trinajstić information content (AvgIpc) is 2.63. The van der Waals surface area contributed by atoms with Crippen molar-refractivity contribution in [3.63, 3.8) is 0 Å². The van der Waals surface area contributed by atoms with E-state index in [4.69, 9.17) is 0 Å². The number of aromatic nitrogens is 2. The molecule has 26 heavy (non-hydrogen) atoms. The molecule has 0 unspecified atom stereocenters. The van der Waals surface area contributed by atoms with Crippen molar-refractivity contribution in [2.45, 2.75) is 26.4 Å². The van der Waals surface area contributed by atoms with Gasteiger partial charge in [-0.25, -0.2) is 4.98 Å². The van der Waals surface area contributed by atoms with E-state index in [1.807, 2.05) is 37.3 Å². The van der Waals surface area contributed by atoms with Crippen molar-refractivity contribution in [2.24, 2.45) is 0 Å². The largest absolute Gasteiger partial charge is 0.341 e. The lowest BCUT2D eigenvalue weighted by Crippen LogP contribution is -2.29. The molecule has 6 heteroatoms. The Morgan fingerprint density at radius 1 is 1.19 bits per heavy atom. The molecule has 0 bridgehead atoms. The Morgan fingerprint density at radius 3 is 2.65 bits per heavy atom. The molecule has 0 aliphatic heterocycles. The van der Waals surface area contributed by atoms with Crippen molar-refractivity contribution in [3.8, 4) is 0 Å². The minimum absolute atomic E-state index is 0.00758. The van der Waals surface area contributed by atoms with Crippen LogP contribution in [0.3, 0.4) is 0 Å². The minimum atomic E-state index is -0.134. The van der Waals surface area contributed by atoms with Crippen LogP contribution in [-0.4, -0.2) is 27.4 Å². The second kappa shape index (κ2) is 7.83. The Balaban J connectivity index is 1.67. The molecule has 0 atom stereocenters. The van der Waals surface area contributed by atoms with Gasteiger partial charge in [0.05, 0.1) is 17.2 Å². The lowest BCUT2D eigenvalue weighted by molar-refractivity contribution is -0.130. The highest BCUT2D eigenvalue weighted by molar-refractivity contribution is 9.10. The topological polar surface area (TPSA) is 55.2 Å². The van der Waals surface area contributed by atoms with Crippen LogP contribution in [0.5, 0.6) is 0 Å². The van der Waals surface area contributed by atoms with Crippen molar-refractivity contribution in [1.29, 1.82) is 0 Å². The van der Waals surface area contributed by atoms with Gasteiger partial charge in [0.1, 0.15) is 0 Å². The third-order valence-electron chi connectivity index (χ3n) is 4.32. The SMILES string of the molecule is Cc1ccc(CN(C)C(=O)CCn2cnc3ccc(Br)cc3c2=O)cc1. The Kier molecular flexibility index (Phi) is 5.52. The molecule has 0 saturated carbocycles. The molecule has 0 spiro atoms. The number of carbonyl (C=O) groups excluding carboxylic acids is 1. The minimum Gasteiger partial charge on any atom is -0.341 e. The van der Waals surface area contributed by atoms with Crippen LogP contribution in [-0.2, 0) is 17.9 Å². The van der Waals surface area contributed by atoms with Gasteiger partial charge in [0.15, 0.2) is 0 Å². The van der Waals surface area contributed by atoms with Crippen molar-refractivity contribution in [1.82, 2.24) is 14.5 Å². The number of rotatable bonds is 5. The molecule has 3 aromatic rings. The molecule has 3 rings (SSSR count). The summed E-state index contributed by atoms with van der Waals surface area (Å²) in [6.07, 6.45) is 1.76. The number of benzene rings is 2. The molecule has 1 heterocycles. The third-order valence-corrected chi connectivity index (χ3v) is 4.81. The van der Waals surface area contributed by atoms with Crippen LogP contribution >= 0.6 is 15.9 Å². The van der Waals surface area contributed by atoms with Gasteiger partial charge in [-0.05, 0) is 30.7 Å². The van der Waals surface area contributed by atoms with Crippen molar-refractivity contribution < 1.29 is 4.79 Å². The monoisotopic (exact) mass is 413 g/mol. The number of aryl methyl sites for hydroxylation is 2. The summed E-state index contributed by atoms with van der Waals surface area (Å²) in [7, 11) is 1.78. The number of hydrogen-bond donors (Lipinski definition) is 0. The second-order valence-electron chi connectivity index (χ2n) is 6.39. The summed E-state index contributed by atoms with van der Waals surface area (Å²) in [5, 5.41) is 0.544. The predicted octanol–water partition coefficient (Wildman–Crippen LogP) is 3.52. The standard InChI is InChI=1S/C20H20BrN3O2/c1-14-3-5-15(6-4-14)12-23(2)19(25)9-10-24-13-22-18-8-7-16(21)11-17(18)20(24)26/h3-8,11,13H,9-10,12H2,1-2H3. The van der Waals surface area contributed by atoms with Crippen LogP contribution in [0.25, 0.3) is 10.9 Å². The number of fused-ring (bicyclic) bond motifs is 1. The van der Waals surface area contributed by atoms with Gasteiger partial charge in [0, 0.05) is 31.0 Å². The zero-order valence-corrected chi connectivity index (χ0v) is 16.4. The van der Waals surface area contributed by atoms with Crippen molar-refractivity contribution >= 4 is 32.7 Å². The first-order chi connectivity index (χ1) is 12.4. The molecule has 0 N–H and O–H groups in total. The number of carbonyl (C=O) groups is 1. The maximum Gasteiger partial charge on any atom is 0.261 e. The van der Waals surface area contributed by atoms with Gasteiger partial charge in [-0.15, -0.1) is 0 Å². The predicted molar refractivity (Wildman–Crippen MR) is 106 cm³/mol. The molecule has 0 aliphatic carbocycles. The number of nitrogens with zero attached hydrogens (tertiary/aromatic N) is 3. The van der Waals surface area contributed by atoms with E-state index in [0.29, 0.717) is 24.0 Å². The summed E-state index contributed by atoms with van der Waals surface area (Å²) in [5.74, 6) is -0.00758. The molecule has 1 amide bonds. The smallest absolute Gasteiger partial charge is 0.261 e. The summed E-state index contributed by atoms with van der Waals surface area (Å²) >= 11 is 3.37. The van der Waals surface area contributed by atoms with E-state index in [-0.39, 0.29) is 17.9 Å². The summed E-state index contributed by atoms with van der Waals surface area (Å²) in [4.78, 5) is 30.9. The highest BCUT2D eigenvalue weighted by atomic mass is 79.9. The van der Waals surface area contributed by atoms with Crippen LogP contribution < -0.4 is 5.56 Å².